The van der Waals surface area contributed by atoms with Gasteiger partial charge >= 0.3 is 0 Å². The van der Waals surface area contributed by atoms with E-state index in [2.05, 4.69) is 22.7 Å². The average Bonchev–Trinajstić information content (AvgIpc) is 2.85. The third-order valence-corrected chi connectivity index (χ3v) is 7.00. The van der Waals surface area contributed by atoms with Gasteiger partial charge in [0.2, 0.25) is 0 Å². The molecule has 3 N–H and O–H groups in total. The number of hydrogen-bond acceptors (Lipinski definition) is 4. The van der Waals surface area contributed by atoms with Gasteiger partial charge in [-0.05, 0) is 61.2 Å². The Kier molecular flexibility index (Phi) is 2.99. The summed E-state index contributed by atoms with van der Waals surface area (Å²) in [5.74, 6) is 7.89. The number of nitrogens with one attached hydrogen (secondary N) is 1. The van der Waals surface area contributed by atoms with Crippen LogP contribution in [0.3, 0.4) is 0 Å². The molecule has 4 saturated carbocycles. The van der Waals surface area contributed by atoms with E-state index in [0.717, 1.165) is 18.3 Å². The molecule has 5 rings (SSSR count). The predicted molar refractivity (Wildman–Crippen MR) is 82.2 cm³/mol. The highest BCUT2D eigenvalue weighted by Crippen LogP contribution is 2.66. The second-order valence-electron chi connectivity index (χ2n) is 7.98. The molecule has 0 spiro atoms. The number of aromatic nitrogens is 1. The first-order valence-corrected chi connectivity index (χ1v) is 8.83. The fourth-order valence-corrected chi connectivity index (χ4v) is 6.85. The van der Waals surface area contributed by atoms with E-state index in [9.17, 15) is 0 Å². The van der Waals surface area contributed by atoms with Crippen molar-refractivity contribution in [3.05, 3.63) is 16.6 Å². The van der Waals surface area contributed by atoms with Crippen LogP contribution in [0.25, 0.3) is 0 Å². The zero-order chi connectivity index (χ0) is 13.8. The molecule has 4 aliphatic carbocycles. The van der Waals surface area contributed by atoms with E-state index in [-0.39, 0.29) is 0 Å². The van der Waals surface area contributed by atoms with Gasteiger partial charge in [0.15, 0.2) is 0 Å². The second-order valence-corrected chi connectivity index (χ2v) is 8.96. The first-order valence-electron chi connectivity index (χ1n) is 7.95. The SMILES string of the molecule is CC12CC3CC(C1)CC(C(Cc1nccs1)NN)(C3)C2. The molecule has 4 fully saturated rings. The summed E-state index contributed by atoms with van der Waals surface area (Å²) in [6.45, 7) is 2.52. The first-order chi connectivity index (χ1) is 9.61. The lowest BCUT2D eigenvalue weighted by atomic mass is 9.43. The van der Waals surface area contributed by atoms with Crippen LogP contribution in [0.4, 0.5) is 0 Å². The lowest BCUT2D eigenvalue weighted by molar-refractivity contribution is -0.118. The third kappa shape index (κ3) is 2.04. The fraction of sp³-hybridized carbons (Fsp3) is 0.812. The van der Waals surface area contributed by atoms with Gasteiger partial charge in [-0.15, -0.1) is 11.3 Å². The highest BCUT2D eigenvalue weighted by molar-refractivity contribution is 7.09. The summed E-state index contributed by atoms with van der Waals surface area (Å²) >= 11 is 1.76. The van der Waals surface area contributed by atoms with Gasteiger partial charge in [0.25, 0.3) is 0 Å². The second kappa shape index (κ2) is 4.52. The van der Waals surface area contributed by atoms with Crippen molar-refractivity contribution in [3.8, 4) is 0 Å². The van der Waals surface area contributed by atoms with Crippen molar-refractivity contribution in [2.75, 3.05) is 0 Å². The minimum Gasteiger partial charge on any atom is -0.271 e. The van der Waals surface area contributed by atoms with Crippen molar-refractivity contribution in [1.82, 2.24) is 10.4 Å². The Bertz CT molecular complexity index is 470. The molecule has 0 aliphatic heterocycles. The molecule has 1 heterocycles. The van der Waals surface area contributed by atoms with Gasteiger partial charge in [-0.25, -0.2) is 4.98 Å². The van der Waals surface area contributed by atoms with Crippen molar-refractivity contribution in [2.45, 2.75) is 57.9 Å². The number of thiazole rings is 1. The molecule has 4 heteroatoms. The molecule has 1 aromatic rings. The summed E-state index contributed by atoms with van der Waals surface area (Å²) < 4.78 is 0. The summed E-state index contributed by atoms with van der Waals surface area (Å²) in [4.78, 5) is 4.47. The average molecular weight is 291 g/mol. The van der Waals surface area contributed by atoms with Crippen LogP contribution >= 0.6 is 11.3 Å². The van der Waals surface area contributed by atoms with E-state index in [1.165, 1.54) is 43.5 Å². The Balaban J connectivity index is 1.62. The molecule has 20 heavy (non-hydrogen) atoms. The lowest BCUT2D eigenvalue weighted by Crippen LogP contribution is -2.60. The summed E-state index contributed by atoms with van der Waals surface area (Å²) in [6.07, 6.45) is 11.5. The van der Waals surface area contributed by atoms with E-state index < -0.39 is 0 Å². The molecule has 3 atom stereocenters. The van der Waals surface area contributed by atoms with Crippen molar-refractivity contribution in [1.29, 1.82) is 0 Å². The maximum Gasteiger partial charge on any atom is 0.0941 e. The van der Waals surface area contributed by atoms with Gasteiger partial charge in [0.1, 0.15) is 0 Å². The normalized spacial score (nSPS) is 43.9. The van der Waals surface area contributed by atoms with Gasteiger partial charge in [0.05, 0.1) is 5.01 Å². The molecular weight excluding hydrogens is 266 g/mol. The van der Waals surface area contributed by atoms with Crippen molar-refractivity contribution in [2.24, 2.45) is 28.5 Å². The molecule has 3 nitrogen and oxygen atoms in total. The van der Waals surface area contributed by atoms with Gasteiger partial charge in [-0.3, -0.25) is 11.3 Å². The molecular formula is C16H25N3S. The lowest BCUT2D eigenvalue weighted by Gasteiger charge is -2.63. The standard InChI is InChI=1S/C16H25N3S/c1-15-6-11-4-12(7-15)9-16(8-11,10-15)13(19-17)5-14-18-2-3-20-14/h2-3,11-13,19H,4-10,17H2,1H3. The minimum absolute atomic E-state index is 0.402. The Hall–Kier alpha value is -0.450. The quantitative estimate of drug-likeness (QED) is 0.662. The number of hydrogen-bond donors (Lipinski definition) is 2. The molecule has 0 saturated heterocycles. The summed E-state index contributed by atoms with van der Waals surface area (Å²) in [6, 6.07) is 0.402. The number of nitrogens with two attached hydrogens (primary N) is 1. The number of nitrogens with zero attached hydrogens (tertiary/aromatic N) is 1. The van der Waals surface area contributed by atoms with Crippen LogP contribution in [0, 0.1) is 22.7 Å². The van der Waals surface area contributed by atoms with Crippen LogP contribution in [0.2, 0.25) is 0 Å². The smallest absolute Gasteiger partial charge is 0.0941 e. The maximum absolute atomic E-state index is 5.98. The van der Waals surface area contributed by atoms with Crippen LogP contribution in [0.1, 0.15) is 50.5 Å². The summed E-state index contributed by atoms with van der Waals surface area (Å²) in [7, 11) is 0. The molecule has 110 valence electrons. The molecule has 0 amide bonds. The van der Waals surface area contributed by atoms with Crippen LogP contribution < -0.4 is 11.3 Å². The van der Waals surface area contributed by atoms with Crippen LogP contribution in [0.15, 0.2) is 11.6 Å². The van der Waals surface area contributed by atoms with Gasteiger partial charge in [0, 0.05) is 24.0 Å². The Labute approximate surface area is 125 Å². The maximum atomic E-state index is 5.98. The summed E-state index contributed by atoms with van der Waals surface area (Å²) in [5, 5.41) is 3.30. The highest BCUT2D eigenvalue weighted by Gasteiger charge is 2.58. The molecule has 4 aliphatic rings. The number of hydrazine groups is 1. The molecule has 0 aromatic carbocycles. The number of rotatable bonds is 4. The molecule has 4 bridgehead atoms. The van der Waals surface area contributed by atoms with Gasteiger partial charge in [-0.2, -0.15) is 0 Å². The van der Waals surface area contributed by atoms with E-state index in [4.69, 9.17) is 5.84 Å². The van der Waals surface area contributed by atoms with Gasteiger partial charge in [-0.1, -0.05) is 6.92 Å². The Morgan fingerprint density at radius 2 is 2.15 bits per heavy atom. The largest absolute Gasteiger partial charge is 0.271 e. The van der Waals surface area contributed by atoms with Crippen LogP contribution in [-0.4, -0.2) is 11.0 Å². The van der Waals surface area contributed by atoms with Crippen molar-refractivity contribution in [3.63, 3.8) is 0 Å². The van der Waals surface area contributed by atoms with Crippen LogP contribution in [-0.2, 0) is 6.42 Å². The highest BCUT2D eigenvalue weighted by atomic mass is 32.1. The molecule has 1 aromatic heterocycles. The van der Waals surface area contributed by atoms with E-state index in [1.54, 1.807) is 11.3 Å². The molecule has 0 radical (unpaired) electrons. The van der Waals surface area contributed by atoms with E-state index in [1.807, 2.05) is 6.20 Å². The van der Waals surface area contributed by atoms with Crippen LogP contribution in [0.5, 0.6) is 0 Å². The topological polar surface area (TPSA) is 50.9 Å². The minimum atomic E-state index is 0.402. The van der Waals surface area contributed by atoms with Crippen molar-refractivity contribution < 1.29 is 0 Å². The third-order valence-electron chi connectivity index (χ3n) is 6.20. The fourth-order valence-electron chi connectivity index (χ4n) is 6.19. The van der Waals surface area contributed by atoms with E-state index >= 15 is 0 Å². The molecule has 3 unspecified atom stereocenters. The Morgan fingerprint density at radius 1 is 1.40 bits per heavy atom. The first kappa shape index (κ1) is 13.2. The Morgan fingerprint density at radius 3 is 2.70 bits per heavy atom. The van der Waals surface area contributed by atoms with Gasteiger partial charge < -0.3 is 0 Å². The van der Waals surface area contributed by atoms with E-state index in [0.29, 0.717) is 16.9 Å². The monoisotopic (exact) mass is 291 g/mol. The summed E-state index contributed by atoms with van der Waals surface area (Å²) in [5.41, 5.74) is 4.20. The predicted octanol–water partition coefficient (Wildman–Crippen LogP) is 3.12. The zero-order valence-corrected chi connectivity index (χ0v) is 13.1. The zero-order valence-electron chi connectivity index (χ0n) is 12.3. The van der Waals surface area contributed by atoms with Crippen molar-refractivity contribution >= 4 is 11.3 Å².